The van der Waals surface area contributed by atoms with Gasteiger partial charge in [0.2, 0.25) is 0 Å². The van der Waals surface area contributed by atoms with Crippen LogP contribution >= 0.6 is 11.6 Å². The number of halogens is 1. The Bertz CT molecular complexity index is 573. The lowest BCUT2D eigenvalue weighted by Gasteiger charge is -2.09. The first-order chi connectivity index (χ1) is 9.19. The summed E-state index contributed by atoms with van der Waals surface area (Å²) in [7, 11) is 1.54. The van der Waals surface area contributed by atoms with Crippen molar-refractivity contribution in [2.75, 3.05) is 17.7 Å². The zero-order valence-corrected chi connectivity index (χ0v) is 11.1. The highest BCUT2D eigenvalue weighted by Crippen LogP contribution is 2.27. The smallest absolute Gasteiger partial charge is 0.323 e. The third-order valence-electron chi connectivity index (χ3n) is 2.44. The van der Waals surface area contributed by atoms with Crippen molar-refractivity contribution >= 4 is 29.0 Å². The van der Waals surface area contributed by atoms with E-state index in [1.165, 1.54) is 7.11 Å². The Morgan fingerprint density at radius 2 is 1.74 bits per heavy atom. The van der Waals surface area contributed by atoms with Gasteiger partial charge < -0.3 is 15.4 Å². The van der Waals surface area contributed by atoms with Crippen molar-refractivity contribution in [3.05, 3.63) is 53.6 Å². The van der Waals surface area contributed by atoms with E-state index in [1.54, 1.807) is 30.3 Å². The van der Waals surface area contributed by atoms with Gasteiger partial charge in [0.1, 0.15) is 5.75 Å². The van der Waals surface area contributed by atoms with Crippen molar-refractivity contribution in [2.24, 2.45) is 0 Å². The van der Waals surface area contributed by atoms with Gasteiger partial charge >= 0.3 is 6.03 Å². The van der Waals surface area contributed by atoms with Gasteiger partial charge in [-0.1, -0.05) is 29.8 Å². The molecule has 2 amide bonds. The SMILES string of the molecule is COc1ccc(NC(=O)Nc2ccccc2)cc1Cl. The highest BCUT2D eigenvalue weighted by molar-refractivity contribution is 6.32. The molecule has 0 aliphatic carbocycles. The van der Waals surface area contributed by atoms with Gasteiger partial charge in [0.25, 0.3) is 0 Å². The molecule has 2 N–H and O–H groups in total. The minimum absolute atomic E-state index is 0.326. The van der Waals surface area contributed by atoms with E-state index in [9.17, 15) is 4.79 Å². The molecule has 19 heavy (non-hydrogen) atoms. The van der Waals surface area contributed by atoms with Gasteiger partial charge in [-0.25, -0.2) is 4.79 Å². The number of carbonyl (C=O) groups excluding carboxylic acids is 1. The minimum Gasteiger partial charge on any atom is -0.495 e. The van der Waals surface area contributed by atoms with Gasteiger partial charge in [0.15, 0.2) is 0 Å². The van der Waals surface area contributed by atoms with Crippen LogP contribution in [0.1, 0.15) is 0 Å². The molecule has 0 atom stereocenters. The lowest BCUT2D eigenvalue weighted by molar-refractivity contribution is 0.262. The molecule has 0 aliphatic rings. The predicted octanol–water partition coefficient (Wildman–Crippen LogP) is 3.99. The molecule has 4 nitrogen and oxygen atoms in total. The van der Waals surface area contributed by atoms with Crippen molar-refractivity contribution in [3.63, 3.8) is 0 Å². The average molecular weight is 277 g/mol. The number of ether oxygens (including phenoxy) is 1. The molecule has 5 heteroatoms. The van der Waals surface area contributed by atoms with E-state index >= 15 is 0 Å². The number of urea groups is 1. The molecule has 0 unspecified atom stereocenters. The highest BCUT2D eigenvalue weighted by atomic mass is 35.5. The van der Waals surface area contributed by atoms with Gasteiger partial charge in [-0.05, 0) is 30.3 Å². The Balaban J connectivity index is 2.01. The number of amides is 2. The first-order valence-corrected chi connectivity index (χ1v) is 6.03. The maximum Gasteiger partial charge on any atom is 0.323 e. The Morgan fingerprint density at radius 1 is 1.05 bits per heavy atom. The first-order valence-electron chi connectivity index (χ1n) is 5.65. The molecular weight excluding hydrogens is 264 g/mol. The fraction of sp³-hybridized carbons (Fsp3) is 0.0714. The van der Waals surface area contributed by atoms with Crippen LogP contribution in [0.3, 0.4) is 0 Å². The van der Waals surface area contributed by atoms with Crippen LogP contribution in [0.2, 0.25) is 5.02 Å². The Hall–Kier alpha value is -2.20. The van der Waals surface area contributed by atoms with Crippen LogP contribution < -0.4 is 15.4 Å². The molecule has 0 fully saturated rings. The second-order valence-corrected chi connectivity index (χ2v) is 4.20. The summed E-state index contributed by atoms with van der Waals surface area (Å²) < 4.78 is 5.04. The molecular formula is C14H13ClN2O2. The summed E-state index contributed by atoms with van der Waals surface area (Å²) in [5, 5.41) is 5.85. The van der Waals surface area contributed by atoms with E-state index in [0.717, 1.165) is 5.69 Å². The van der Waals surface area contributed by atoms with Crippen LogP contribution in [0, 0.1) is 0 Å². The van der Waals surface area contributed by atoms with Crippen LogP contribution in [-0.2, 0) is 0 Å². The number of rotatable bonds is 3. The molecule has 0 aliphatic heterocycles. The van der Waals surface area contributed by atoms with Crippen molar-refractivity contribution < 1.29 is 9.53 Å². The third kappa shape index (κ3) is 3.63. The molecule has 0 saturated carbocycles. The minimum atomic E-state index is -0.326. The number of nitrogens with one attached hydrogen (secondary N) is 2. The molecule has 0 aromatic heterocycles. The molecule has 0 radical (unpaired) electrons. The van der Waals surface area contributed by atoms with Gasteiger partial charge in [-0.15, -0.1) is 0 Å². The zero-order chi connectivity index (χ0) is 13.7. The van der Waals surface area contributed by atoms with Crippen molar-refractivity contribution in [1.82, 2.24) is 0 Å². The largest absolute Gasteiger partial charge is 0.495 e. The number of hydrogen-bond acceptors (Lipinski definition) is 2. The molecule has 2 aromatic carbocycles. The number of carbonyl (C=O) groups is 1. The molecule has 2 aromatic rings. The number of hydrogen-bond donors (Lipinski definition) is 2. The van der Waals surface area contributed by atoms with Gasteiger partial charge in [-0.2, -0.15) is 0 Å². The summed E-state index contributed by atoms with van der Waals surface area (Å²) in [5.41, 5.74) is 1.32. The van der Waals surface area contributed by atoms with Crippen molar-refractivity contribution in [2.45, 2.75) is 0 Å². The maximum absolute atomic E-state index is 11.8. The summed E-state index contributed by atoms with van der Waals surface area (Å²) in [6.45, 7) is 0. The highest BCUT2D eigenvalue weighted by Gasteiger charge is 2.05. The number of para-hydroxylation sites is 1. The van der Waals surface area contributed by atoms with Gasteiger partial charge in [0.05, 0.1) is 12.1 Å². The van der Waals surface area contributed by atoms with Crippen LogP contribution in [-0.4, -0.2) is 13.1 Å². The predicted molar refractivity (Wildman–Crippen MR) is 77.1 cm³/mol. The first kappa shape index (κ1) is 13.2. The molecule has 0 bridgehead atoms. The van der Waals surface area contributed by atoms with Crippen molar-refractivity contribution in [1.29, 1.82) is 0 Å². The lowest BCUT2D eigenvalue weighted by atomic mass is 10.3. The molecule has 0 saturated heterocycles. The van der Waals surface area contributed by atoms with Crippen LogP contribution in [0.5, 0.6) is 5.75 Å². The van der Waals surface area contributed by atoms with Crippen LogP contribution in [0.4, 0.5) is 16.2 Å². The number of anilines is 2. The summed E-state index contributed by atoms with van der Waals surface area (Å²) in [6.07, 6.45) is 0. The van der Waals surface area contributed by atoms with E-state index in [1.807, 2.05) is 18.2 Å². The van der Waals surface area contributed by atoms with E-state index in [4.69, 9.17) is 16.3 Å². The number of benzene rings is 2. The van der Waals surface area contributed by atoms with Crippen molar-refractivity contribution in [3.8, 4) is 5.75 Å². The van der Waals surface area contributed by atoms with Gasteiger partial charge in [0, 0.05) is 11.4 Å². The zero-order valence-electron chi connectivity index (χ0n) is 10.3. The summed E-state index contributed by atoms with van der Waals surface area (Å²) >= 11 is 5.98. The van der Waals surface area contributed by atoms with Crippen LogP contribution in [0.15, 0.2) is 48.5 Å². The Morgan fingerprint density at radius 3 is 2.37 bits per heavy atom. The summed E-state index contributed by atoms with van der Waals surface area (Å²) in [4.78, 5) is 11.8. The molecule has 0 heterocycles. The fourth-order valence-corrected chi connectivity index (χ4v) is 1.82. The summed E-state index contributed by atoms with van der Waals surface area (Å²) in [5.74, 6) is 0.565. The maximum atomic E-state index is 11.8. The van der Waals surface area contributed by atoms with E-state index < -0.39 is 0 Å². The van der Waals surface area contributed by atoms with E-state index in [2.05, 4.69) is 10.6 Å². The fourth-order valence-electron chi connectivity index (χ4n) is 1.56. The monoisotopic (exact) mass is 276 g/mol. The number of methoxy groups -OCH3 is 1. The lowest BCUT2D eigenvalue weighted by Crippen LogP contribution is -2.19. The standard InChI is InChI=1S/C14H13ClN2O2/c1-19-13-8-7-11(9-12(13)15)17-14(18)16-10-5-3-2-4-6-10/h2-9H,1H3,(H2,16,17,18). The Labute approximate surface area is 116 Å². The molecule has 2 rings (SSSR count). The second kappa shape index (κ2) is 6.11. The molecule has 0 spiro atoms. The topological polar surface area (TPSA) is 50.4 Å². The average Bonchev–Trinajstić information content (AvgIpc) is 2.40. The van der Waals surface area contributed by atoms with Gasteiger partial charge in [-0.3, -0.25) is 0 Å². The third-order valence-corrected chi connectivity index (χ3v) is 2.74. The van der Waals surface area contributed by atoms with Crippen LogP contribution in [0.25, 0.3) is 0 Å². The normalized spacial score (nSPS) is 9.79. The second-order valence-electron chi connectivity index (χ2n) is 3.79. The molecule has 98 valence electrons. The summed E-state index contributed by atoms with van der Waals surface area (Å²) in [6, 6.07) is 13.9. The van der Waals surface area contributed by atoms with E-state index in [0.29, 0.717) is 16.5 Å². The Kier molecular flexibility index (Phi) is 4.26. The van der Waals surface area contributed by atoms with E-state index in [-0.39, 0.29) is 6.03 Å². The quantitative estimate of drug-likeness (QED) is 0.890.